The third kappa shape index (κ3) is 4.55. The van der Waals surface area contributed by atoms with Crippen molar-refractivity contribution in [1.29, 1.82) is 0 Å². The van der Waals surface area contributed by atoms with E-state index in [0.29, 0.717) is 24.0 Å². The summed E-state index contributed by atoms with van der Waals surface area (Å²) in [5.41, 5.74) is 1.21. The van der Waals surface area contributed by atoms with Crippen molar-refractivity contribution >= 4 is 28.3 Å². The van der Waals surface area contributed by atoms with Gasteiger partial charge in [-0.2, -0.15) is 0 Å². The lowest BCUT2D eigenvalue weighted by molar-refractivity contribution is -0.137. The first kappa shape index (κ1) is 19.5. The number of carbonyl (C=O) groups is 2. The van der Waals surface area contributed by atoms with E-state index in [1.54, 1.807) is 13.0 Å². The quantitative estimate of drug-likeness (QED) is 0.777. The predicted octanol–water partition coefficient (Wildman–Crippen LogP) is 3.79. The molecule has 2 aromatic rings. The molecule has 0 aliphatic carbocycles. The normalized spacial score (nSPS) is 13.7. The minimum atomic E-state index is -0.336. The number of hydrogen-bond acceptors (Lipinski definition) is 6. The molecule has 3 rings (SSSR count). The molecule has 0 aromatic carbocycles. The van der Waals surface area contributed by atoms with Gasteiger partial charge in [0, 0.05) is 29.8 Å². The highest BCUT2D eigenvalue weighted by Crippen LogP contribution is 2.30. The van der Waals surface area contributed by atoms with E-state index < -0.39 is 0 Å². The summed E-state index contributed by atoms with van der Waals surface area (Å²) in [4.78, 5) is 32.6. The molecular weight excluding hydrogens is 364 g/mol. The number of thiazole rings is 1. The number of aryl methyl sites for hydroxylation is 1. The fourth-order valence-corrected chi connectivity index (χ4v) is 4.44. The maximum absolute atomic E-state index is 12.9. The summed E-state index contributed by atoms with van der Waals surface area (Å²) >= 11 is 1.43. The summed E-state index contributed by atoms with van der Waals surface area (Å²) in [6, 6.07) is 1.59. The second kappa shape index (κ2) is 8.65. The molecule has 2 amide bonds. The highest BCUT2D eigenvalue weighted by Gasteiger charge is 2.28. The average molecular weight is 391 g/mol. The molecule has 0 saturated carbocycles. The van der Waals surface area contributed by atoms with Crippen LogP contribution in [0.3, 0.4) is 0 Å². The first-order valence-corrected chi connectivity index (χ1v) is 10.4. The zero-order chi connectivity index (χ0) is 19.4. The van der Waals surface area contributed by atoms with E-state index in [9.17, 15) is 9.59 Å². The number of carbonyl (C=O) groups excluding carboxylic acids is 2. The van der Waals surface area contributed by atoms with Crippen molar-refractivity contribution in [1.82, 2.24) is 15.0 Å². The molecule has 0 radical (unpaired) electrons. The van der Waals surface area contributed by atoms with E-state index in [1.807, 2.05) is 4.90 Å². The number of amides is 2. The van der Waals surface area contributed by atoms with Gasteiger partial charge in [-0.05, 0) is 19.8 Å². The van der Waals surface area contributed by atoms with Crippen LogP contribution in [-0.2, 0) is 17.8 Å². The van der Waals surface area contributed by atoms with Crippen LogP contribution >= 0.6 is 11.3 Å². The van der Waals surface area contributed by atoms with E-state index in [0.717, 1.165) is 42.7 Å². The van der Waals surface area contributed by atoms with Gasteiger partial charge < -0.3 is 9.42 Å². The van der Waals surface area contributed by atoms with E-state index >= 15 is 0 Å². The van der Waals surface area contributed by atoms with Crippen LogP contribution in [0.1, 0.15) is 66.4 Å². The molecular formula is C19H26N4O3S. The van der Waals surface area contributed by atoms with Crippen LogP contribution in [0.25, 0.3) is 0 Å². The molecule has 0 atom stereocenters. The van der Waals surface area contributed by atoms with Gasteiger partial charge in [-0.15, -0.1) is 0 Å². The van der Waals surface area contributed by atoms with Gasteiger partial charge in [-0.25, -0.2) is 4.98 Å². The maximum atomic E-state index is 12.9. The van der Waals surface area contributed by atoms with Gasteiger partial charge in [0.05, 0.1) is 12.2 Å². The molecule has 8 heteroatoms. The Morgan fingerprint density at radius 2 is 2.07 bits per heavy atom. The molecule has 3 heterocycles. The van der Waals surface area contributed by atoms with E-state index in [4.69, 9.17) is 4.52 Å². The van der Waals surface area contributed by atoms with E-state index in [1.165, 1.54) is 11.3 Å². The number of aromatic nitrogens is 2. The first-order chi connectivity index (χ1) is 13.0. The molecule has 146 valence electrons. The molecule has 0 bridgehead atoms. The zero-order valence-electron chi connectivity index (χ0n) is 16.1. The summed E-state index contributed by atoms with van der Waals surface area (Å²) in [5.74, 6) is 0.615. The number of rotatable bonds is 7. The summed E-state index contributed by atoms with van der Waals surface area (Å²) in [5, 5.41) is 7.04. The number of fused-ring (bicyclic) bond motifs is 1. The Bertz CT molecular complexity index is 808. The Balaban J connectivity index is 1.66. The van der Waals surface area contributed by atoms with Gasteiger partial charge >= 0.3 is 0 Å². The molecule has 7 nitrogen and oxygen atoms in total. The highest BCUT2D eigenvalue weighted by atomic mass is 32.1. The molecule has 1 aliphatic heterocycles. The van der Waals surface area contributed by atoms with Crippen molar-refractivity contribution < 1.29 is 14.1 Å². The average Bonchev–Trinajstić information content (AvgIpc) is 3.25. The van der Waals surface area contributed by atoms with Gasteiger partial charge in [-0.1, -0.05) is 43.2 Å². The van der Waals surface area contributed by atoms with Crippen LogP contribution in [0.5, 0.6) is 0 Å². The monoisotopic (exact) mass is 390 g/mol. The van der Waals surface area contributed by atoms with Gasteiger partial charge in [0.25, 0.3) is 5.91 Å². The molecule has 1 N–H and O–H groups in total. The van der Waals surface area contributed by atoms with Crippen LogP contribution in [-0.4, -0.2) is 33.4 Å². The van der Waals surface area contributed by atoms with Crippen molar-refractivity contribution in [2.45, 2.75) is 59.4 Å². The molecule has 27 heavy (non-hydrogen) atoms. The Morgan fingerprint density at radius 1 is 1.33 bits per heavy atom. The first-order valence-electron chi connectivity index (χ1n) is 9.53. The fourth-order valence-electron chi connectivity index (χ4n) is 3.42. The highest BCUT2D eigenvalue weighted by molar-refractivity contribution is 7.15. The van der Waals surface area contributed by atoms with Crippen LogP contribution in [0.15, 0.2) is 10.6 Å². The molecule has 0 saturated heterocycles. The number of hydrogen-bond donors (Lipinski definition) is 1. The van der Waals surface area contributed by atoms with Crippen LogP contribution < -0.4 is 5.32 Å². The molecule has 0 unspecified atom stereocenters. The van der Waals surface area contributed by atoms with Crippen molar-refractivity contribution in [3.8, 4) is 0 Å². The number of nitrogens with zero attached hydrogens (tertiary/aromatic N) is 3. The summed E-state index contributed by atoms with van der Waals surface area (Å²) in [6.07, 6.45) is 4.65. The maximum Gasteiger partial charge on any atom is 0.279 e. The lowest BCUT2D eigenvalue weighted by Crippen LogP contribution is -2.39. The van der Waals surface area contributed by atoms with Crippen molar-refractivity contribution in [2.75, 3.05) is 11.9 Å². The van der Waals surface area contributed by atoms with Crippen LogP contribution in [0, 0.1) is 12.8 Å². The van der Waals surface area contributed by atoms with Gasteiger partial charge in [0.15, 0.2) is 10.8 Å². The lowest BCUT2D eigenvalue weighted by atomic mass is 9.96. The Kier molecular flexibility index (Phi) is 6.26. The molecule has 2 aromatic heterocycles. The largest absolute Gasteiger partial charge is 0.361 e. The second-order valence-electron chi connectivity index (χ2n) is 6.95. The molecule has 1 aliphatic rings. The third-order valence-corrected chi connectivity index (χ3v) is 5.75. The lowest BCUT2D eigenvalue weighted by Gasteiger charge is -2.29. The summed E-state index contributed by atoms with van der Waals surface area (Å²) < 4.78 is 4.94. The minimum absolute atomic E-state index is 0.115. The molecule has 0 fully saturated rings. The summed E-state index contributed by atoms with van der Waals surface area (Å²) in [7, 11) is 0. The van der Waals surface area contributed by atoms with Gasteiger partial charge in [0.1, 0.15) is 5.76 Å². The van der Waals surface area contributed by atoms with Crippen molar-refractivity contribution in [3.63, 3.8) is 0 Å². The van der Waals surface area contributed by atoms with Gasteiger partial charge in [0.2, 0.25) is 5.91 Å². The van der Waals surface area contributed by atoms with E-state index in [-0.39, 0.29) is 23.4 Å². The van der Waals surface area contributed by atoms with Crippen LogP contribution in [0.2, 0.25) is 0 Å². The summed E-state index contributed by atoms with van der Waals surface area (Å²) in [6.45, 7) is 7.25. The van der Waals surface area contributed by atoms with Crippen molar-refractivity contribution in [3.05, 3.63) is 28.1 Å². The number of nitrogens with one attached hydrogen (secondary N) is 1. The Morgan fingerprint density at radius 3 is 2.70 bits per heavy atom. The molecule has 0 spiro atoms. The minimum Gasteiger partial charge on any atom is -0.361 e. The zero-order valence-corrected chi connectivity index (χ0v) is 16.9. The Hall–Kier alpha value is -2.22. The smallest absolute Gasteiger partial charge is 0.279 e. The topological polar surface area (TPSA) is 88.3 Å². The Labute approximate surface area is 163 Å². The van der Waals surface area contributed by atoms with E-state index in [2.05, 4.69) is 29.3 Å². The standard InChI is InChI=1S/C19H26N4O3S/c1-4-6-13(7-5-2)18(25)23-9-8-14-16(11-23)27-19(20-14)21-17(24)15-10-12(3)26-22-15/h10,13H,4-9,11H2,1-3H3,(H,20,21,24). The third-order valence-electron chi connectivity index (χ3n) is 4.75. The predicted molar refractivity (Wildman–Crippen MR) is 104 cm³/mol. The van der Waals surface area contributed by atoms with Gasteiger partial charge in [-0.3, -0.25) is 14.9 Å². The number of anilines is 1. The second-order valence-corrected chi connectivity index (χ2v) is 8.03. The van der Waals surface area contributed by atoms with Crippen LogP contribution in [0.4, 0.5) is 5.13 Å². The fraction of sp³-hybridized carbons (Fsp3) is 0.579. The van der Waals surface area contributed by atoms with Crippen molar-refractivity contribution in [2.24, 2.45) is 5.92 Å². The SMILES string of the molecule is CCCC(CCC)C(=O)N1CCc2nc(NC(=O)c3cc(C)on3)sc2C1.